The van der Waals surface area contributed by atoms with Crippen LogP contribution >= 0.6 is 27.3 Å². The maximum atomic E-state index is 12.7. The molecule has 1 atom stereocenters. The van der Waals surface area contributed by atoms with Gasteiger partial charge in [0.2, 0.25) is 16.2 Å². The number of halogens is 1. The molecule has 3 heterocycles. The molecule has 0 spiro atoms. The number of piperidine rings is 1. The van der Waals surface area contributed by atoms with Gasteiger partial charge in [0.25, 0.3) is 0 Å². The van der Waals surface area contributed by atoms with Crippen molar-refractivity contribution >= 4 is 44.0 Å². The van der Waals surface area contributed by atoms with Crippen molar-refractivity contribution in [3.05, 3.63) is 53.3 Å². The molecule has 1 aliphatic heterocycles. The number of hydrogen-bond acceptors (Lipinski definition) is 5. The van der Waals surface area contributed by atoms with Crippen molar-refractivity contribution in [1.82, 2.24) is 14.8 Å². The van der Waals surface area contributed by atoms with Gasteiger partial charge in [-0.05, 0) is 53.0 Å². The molecule has 2 aromatic heterocycles. The van der Waals surface area contributed by atoms with E-state index in [1.165, 1.54) is 0 Å². The number of amides is 1. The van der Waals surface area contributed by atoms with Gasteiger partial charge in [0.05, 0.1) is 11.6 Å². The third kappa shape index (κ3) is 3.66. The van der Waals surface area contributed by atoms with Gasteiger partial charge in [-0.1, -0.05) is 23.5 Å². The van der Waals surface area contributed by atoms with Gasteiger partial charge in [-0.15, -0.1) is 10.2 Å². The van der Waals surface area contributed by atoms with Crippen LogP contribution in [0.2, 0.25) is 0 Å². The first-order chi connectivity index (χ1) is 12.7. The van der Waals surface area contributed by atoms with Crippen LogP contribution in [0.3, 0.4) is 0 Å². The maximum Gasteiger partial charge on any atom is 0.229 e. The van der Waals surface area contributed by atoms with Crippen molar-refractivity contribution in [1.29, 1.82) is 0 Å². The zero-order valence-electron chi connectivity index (χ0n) is 14.0. The zero-order valence-corrected chi connectivity index (χ0v) is 16.4. The molecule has 1 aliphatic rings. The first kappa shape index (κ1) is 17.2. The molecule has 6 nitrogen and oxygen atoms in total. The average molecular weight is 432 g/mol. The molecule has 1 aromatic carbocycles. The molecule has 0 saturated carbocycles. The summed E-state index contributed by atoms with van der Waals surface area (Å²) in [5.41, 5.74) is 0.806. The van der Waals surface area contributed by atoms with Crippen LogP contribution in [0.15, 0.2) is 53.3 Å². The number of carbonyl (C=O) groups excluding carboxylic acids is 1. The van der Waals surface area contributed by atoms with E-state index >= 15 is 0 Å². The second kappa shape index (κ2) is 7.59. The fraction of sp³-hybridized carbons (Fsp3) is 0.278. The third-order valence-corrected chi connectivity index (χ3v) is 6.11. The molecule has 1 amide bonds. The molecule has 0 bridgehead atoms. The largest absolute Gasteiger partial charge is 0.346 e. The minimum absolute atomic E-state index is 0.0525. The highest BCUT2D eigenvalue weighted by Crippen LogP contribution is 2.29. The van der Waals surface area contributed by atoms with E-state index in [4.69, 9.17) is 0 Å². The molecule has 4 rings (SSSR count). The number of anilines is 2. The molecule has 0 unspecified atom stereocenters. The number of aromatic nitrogens is 3. The lowest BCUT2D eigenvalue weighted by Crippen LogP contribution is -2.40. The number of para-hydroxylation sites is 1. The van der Waals surface area contributed by atoms with Gasteiger partial charge in [-0.25, -0.2) is 0 Å². The lowest BCUT2D eigenvalue weighted by Gasteiger charge is -2.31. The number of nitrogens with one attached hydrogen (secondary N) is 1. The van der Waals surface area contributed by atoms with Crippen molar-refractivity contribution in [3.63, 3.8) is 0 Å². The lowest BCUT2D eigenvalue weighted by molar-refractivity contribution is -0.120. The Labute approximate surface area is 164 Å². The smallest absolute Gasteiger partial charge is 0.229 e. The molecular weight excluding hydrogens is 414 g/mol. The summed E-state index contributed by atoms with van der Waals surface area (Å²) in [6.07, 6.45) is 5.76. The molecule has 0 radical (unpaired) electrons. The van der Waals surface area contributed by atoms with Crippen molar-refractivity contribution in [2.24, 2.45) is 5.92 Å². The summed E-state index contributed by atoms with van der Waals surface area (Å²) in [5.74, 6) is -0.00784. The summed E-state index contributed by atoms with van der Waals surface area (Å²) in [4.78, 5) is 14.9. The minimum Gasteiger partial charge on any atom is -0.346 e. The van der Waals surface area contributed by atoms with Crippen LogP contribution in [-0.4, -0.2) is 33.8 Å². The quantitative estimate of drug-likeness (QED) is 0.679. The van der Waals surface area contributed by atoms with Gasteiger partial charge < -0.3 is 10.2 Å². The topological polar surface area (TPSA) is 63.1 Å². The Kier molecular flexibility index (Phi) is 5.03. The Hall–Kier alpha value is -2.19. The van der Waals surface area contributed by atoms with E-state index < -0.39 is 0 Å². The SMILES string of the molecule is O=C(Nc1ccccc1Br)[C@@H]1CCCN(c2nnc(-n3cccc3)s2)C1. The van der Waals surface area contributed by atoms with Crippen molar-refractivity contribution < 1.29 is 4.79 Å². The highest BCUT2D eigenvalue weighted by molar-refractivity contribution is 9.10. The number of hydrogen-bond donors (Lipinski definition) is 1. The number of carbonyl (C=O) groups is 1. The first-order valence-electron chi connectivity index (χ1n) is 8.48. The van der Waals surface area contributed by atoms with E-state index in [2.05, 4.69) is 36.3 Å². The van der Waals surface area contributed by atoms with Gasteiger partial charge in [0, 0.05) is 30.0 Å². The Morgan fingerprint density at radius 1 is 1.15 bits per heavy atom. The van der Waals surface area contributed by atoms with E-state index in [0.717, 1.165) is 39.8 Å². The lowest BCUT2D eigenvalue weighted by atomic mass is 9.97. The van der Waals surface area contributed by atoms with E-state index in [0.29, 0.717) is 6.54 Å². The molecule has 1 N–H and O–H groups in total. The van der Waals surface area contributed by atoms with Gasteiger partial charge >= 0.3 is 0 Å². The van der Waals surface area contributed by atoms with Crippen LogP contribution in [0.4, 0.5) is 10.8 Å². The van der Waals surface area contributed by atoms with E-state index in [1.807, 2.05) is 53.4 Å². The standard InChI is InChI=1S/C18H18BrN5OS/c19-14-7-1-2-8-15(14)20-16(25)13-6-5-11-24(12-13)18-22-21-17(26-18)23-9-3-4-10-23/h1-4,7-10,13H,5-6,11-12H2,(H,20,25)/t13-/m1/s1. The third-order valence-electron chi connectivity index (χ3n) is 4.42. The van der Waals surface area contributed by atoms with E-state index in [-0.39, 0.29) is 11.8 Å². The summed E-state index contributed by atoms with van der Waals surface area (Å²) in [7, 11) is 0. The number of nitrogens with zero attached hydrogens (tertiary/aromatic N) is 4. The van der Waals surface area contributed by atoms with E-state index in [9.17, 15) is 4.79 Å². The molecule has 26 heavy (non-hydrogen) atoms. The van der Waals surface area contributed by atoms with Crippen LogP contribution in [-0.2, 0) is 4.79 Å². The summed E-state index contributed by atoms with van der Waals surface area (Å²) < 4.78 is 2.84. The Bertz CT molecular complexity index is 895. The fourth-order valence-corrected chi connectivity index (χ4v) is 4.30. The molecule has 8 heteroatoms. The van der Waals surface area contributed by atoms with Crippen molar-refractivity contribution in [2.75, 3.05) is 23.3 Å². The summed E-state index contributed by atoms with van der Waals surface area (Å²) in [5, 5.41) is 13.3. The molecule has 0 aliphatic carbocycles. The second-order valence-corrected chi connectivity index (χ2v) is 8.00. The average Bonchev–Trinajstić information content (AvgIpc) is 3.35. The Morgan fingerprint density at radius 2 is 1.92 bits per heavy atom. The maximum absolute atomic E-state index is 12.7. The fourth-order valence-electron chi connectivity index (χ4n) is 3.06. The summed E-state index contributed by atoms with van der Waals surface area (Å²) in [6.45, 7) is 1.57. The molecule has 134 valence electrons. The Morgan fingerprint density at radius 3 is 2.73 bits per heavy atom. The summed E-state index contributed by atoms with van der Waals surface area (Å²) in [6, 6.07) is 11.6. The number of rotatable bonds is 4. The zero-order chi connectivity index (χ0) is 17.9. The van der Waals surface area contributed by atoms with Crippen LogP contribution in [0.25, 0.3) is 5.13 Å². The van der Waals surface area contributed by atoms with Gasteiger partial charge in [0.15, 0.2) is 0 Å². The highest BCUT2D eigenvalue weighted by Gasteiger charge is 2.28. The predicted octanol–water partition coefficient (Wildman–Crippen LogP) is 3.95. The van der Waals surface area contributed by atoms with Gasteiger partial charge in [-0.2, -0.15) is 0 Å². The monoisotopic (exact) mass is 431 g/mol. The first-order valence-corrected chi connectivity index (χ1v) is 10.1. The van der Waals surface area contributed by atoms with Crippen molar-refractivity contribution in [3.8, 4) is 5.13 Å². The van der Waals surface area contributed by atoms with Crippen LogP contribution in [0.1, 0.15) is 12.8 Å². The van der Waals surface area contributed by atoms with Crippen molar-refractivity contribution in [2.45, 2.75) is 12.8 Å². The van der Waals surface area contributed by atoms with Crippen LogP contribution < -0.4 is 10.2 Å². The van der Waals surface area contributed by atoms with Crippen LogP contribution in [0, 0.1) is 5.92 Å². The van der Waals surface area contributed by atoms with E-state index in [1.54, 1.807) is 11.3 Å². The summed E-state index contributed by atoms with van der Waals surface area (Å²) >= 11 is 5.02. The highest BCUT2D eigenvalue weighted by atomic mass is 79.9. The van der Waals surface area contributed by atoms with Gasteiger partial charge in [0.1, 0.15) is 0 Å². The predicted molar refractivity (Wildman–Crippen MR) is 107 cm³/mol. The Balaban J connectivity index is 1.44. The molecule has 1 fully saturated rings. The normalized spacial score (nSPS) is 17.3. The van der Waals surface area contributed by atoms with Crippen LogP contribution in [0.5, 0.6) is 0 Å². The second-order valence-electron chi connectivity index (χ2n) is 6.21. The number of benzene rings is 1. The van der Waals surface area contributed by atoms with Gasteiger partial charge in [-0.3, -0.25) is 9.36 Å². The molecule has 3 aromatic rings. The minimum atomic E-state index is -0.0604. The molecule has 1 saturated heterocycles. The molecular formula is C18H18BrN5OS.